The third-order valence-electron chi connectivity index (χ3n) is 6.22. The third kappa shape index (κ3) is 6.34. The second kappa shape index (κ2) is 11.5. The highest BCUT2D eigenvalue weighted by Crippen LogP contribution is 2.24. The van der Waals surface area contributed by atoms with E-state index in [1.165, 1.54) is 0 Å². The van der Waals surface area contributed by atoms with Crippen molar-refractivity contribution in [1.82, 2.24) is 15.5 Å². The second-order valence-corrected chi connectivity index (χ2v) is 8.50. The molecule has 3 amide bonds. The summed E-state index contributed by atoms with van der Waals surface area (Å²) in [6.45, 7) is 5.00. The number of amides is 3. The van der Waals surface area contributed by atoms with E-state index in [1.807, 2.05) is 19.9 Å². The summed E-state index contributed by atoms with van der Waals surface area (Å²) >= 11 is 0. The number of hydrogen-bond acceptors (Lipinski definition) is 4. The highest BCUT2D eigenvalue weighted by molar-refractivity contribution is 5.98. The zero-order valence-electron chi connectivity index (χ0n) is 19.5. The van der Waals surface area contributed by atoms with Crippen LogP contribution in [0.3, 0.4) is 0 Å². The molecule has 7 heteroatoms. The molecule has 0 aromatic heterocycles. The number of rotatable bonds is 8. The summed E-state index contributed by atoms with van der Waals surface area (Å²) in [6, 6.07) is 15.4. The van der Waals surface area contributed by atoms with Gasteiger partial charge in [0.25, 0.3) is 11.8 Å². The number of likely N-dealkylation sites (tertiary alicyclic amines) is 1. The van der Waals surface area contributed by atoms with Gasteiger partial charge in [-0.15, -0.1) is 0 Å². The van der Waals surface area contributed by atoms with Crippen molar-refractivity contribution in [3.63, 3.8) is 0 Å². The minimum atomic E-state index is -0.652. The van der Waals surface area contributed by atoms with E-state index >= 15 is 0 Å². The van der Waals surface area contributed by atoms with Crippen LogP contribution < -0.4 is 15.4 Å². The quantitative estimate of drug-likeness (QED) is 0.645. The maximum Gasteiger partial charge on any atom is 0.253 e. The SMILES string of the molecule is CC[C@@H](C)NC(=O)[C@H](NC(=O)c1ccccc1)C1CCN(C(=O)c2cccc(OC)c2)CC1. The molecular weight excluding hydrogens is 418 g/mol. The third-order valence-corrected chi connectivity index (χ3v) is 6.22. The number of piperidine rings is 1. The van der Waals surface area contributed by atoms with Gasteiger partial charge < -0.3 is 20.3 Å². The molecular formula is C26H33N3O4. The van der Waals surface area contributed by atoms with Gasteiger partial charge in [0.1, 0.15) is 11.8 Å². The molecule has 1 heterocycles. The molecule has 0 aliphatic carbocycles. The Morgan fingerprint density at radius 1 is 1.00 bits per heavy atom. The van der Waals surface area contributed by atoms with E-state index in [2.05, 4.69) is 10.6 Å². The maximum absolute atomic E-state index is 13.1. The predicted octanol–water partition coefficient (Wildman–Crippen LogP) is 3.26. The smallest absolute Gasteiger partial charge is 0.253 e. The van der Waals surface area contributed by atoms with Gasteiger partial charge in [0.15, 0.2) is 0 Å². The first kappa shape index (κ1) is 24.3. The van der Waals surface area contributed by atoms with Crippen LogP contribution >= 0.6 is 0 Å². The van der Waals surface area contributed by atoms with Crippen LogP contribution in [-0.4, -0.2) is 54.9 Å². The van der Waals surface area contributed by atoms with E-state index in [0.29, 0.717) is 42.8 Å². The van der Waals surface area contributed by atoms with Crippen molar-refractivity contribution in [2.24, 2.45) is 5.92 Å². The molecule has 0 radical (unpaired) electrons. The molecule has 2 aromatic rings. The van der Waals surface area contributed by atoms with Crippen LogP contribution in [0.1, 0.15) is 53.8 Å². The first-order valence-corrected chi connectivity index (χ1v) is 11.5. The lowest BCUT2D eigenvalue weighted by Crippen LogP contribution is -2.55. The van der Waals surface area contributed by atoms with Gasteiger partial charge in [-0.25, -0.2) is 0 Å². The van der Waals surface area contributed by atoms with Crippen molar-refractivity contribution in [2.45, 2.75) is 45.2 Å². The van der Waals surface area contributed by atoms with Gasteiger partial charge in [-0.2, -0.15) is 0 Å². The summed E-state index contributed by atoms with van der Waals surface area (Å²) in [5.74, 6) is 0.0829. The lowest BCUT2D eigenvalue weighted by atomic mass is 9.88. The topological polar surface area (TPSA) is 87.7 Å². The summed E-state index contributed by atoms with van der Waals surface area (Å²) in [7, 11) is 1.57. The highest BCUT2D eigenvalue weighted by atomic mass is 16.5. The van der Waals surface area contributed by atoms with Crippen LogP contribution in [0.15, 0.2) is 54.6 Å². The van der Waals surface area contributed by atoms with E-state index in [1.54, 1.807) is 60.5 Å². The minimum Gasteiger partial charge on any atom is -0.497 e. The minimum absolute atomic E-state index is 0.0170. The highest BCUT2D eigenvalue weighted by Gasteiger charge is 2.34. The van der Waals surface area contributed by atoms with Crippen molar-refractivity contribution >= 4 is 17.7 Å². The van der Waals surface area contributed by atoms with Crippen LogP contribution in [0.4, 0.5) is 0 Å². The van der Waals surface area contributed by atoms with Crippen molar-refractivity contribution in [3.05, 3.63) is 65.7 Å². The molecule has 0 unspecified atom stereocenters. The zero-order valence-corrected chi connectivity index (χ0v) is 19.5. The maximum atomic E-state index is 13.1. The standard InChI is InChI=1S/C26H33N3O4/c1-4-18(2)27-25(31)23(28-24(30)20-9-6-5-7-10-20)19-13-15-29(16-14-19)26(32)21-11-8-12-22(17-21)33-3/h5-12,17-19,23H,4,13-16H2,1-3H3,(H,27,31)(H,28,30)/t18-,23-/m1/s1. The van der Waals surface area contributed by atoms with Gasteiger partial charge >= 0.3 is 0 Å². The Morgan fingerprint density at radius 3 is 2.30 bits per heavy atom. The summed E-state index contributed by atoms with van der Waals surface area (Å²) < 4.78 is 5.23. The summed E-state index contributed by atoms with van der Waals surface area (Å²) in [6.07, 6.45) is 2.06. The summed E-state index contributed by atoms with van der Waals surface area (Å²) in [5.41, 5.74) is 1.10. The molecule has 33 heavy (non-hydrogen) atoms. The average Bonchev–Trinajstić information content (AvgIpc) is 2.87. The van der Waals surface area contributed by atoms with E-state index in [-0.39, 0.29) is 29.7 Å². The van der Waals surface area contributed by atoms with Crippen LogP contribution in [0, 0.1) is 5.92 Å². The van der Waals surface area contributed by atoms with Crippen LogP contribution in [0.25, 0.3) is 0 Å². The average molecular weight is 452 g/mol. The normalized spacial score (nSPS) is 15.9. The molecule has 2 aromatic carbocycles. The Balaban J connectivity index is 1.69. The summed E-state index contributed by atoms with van der Waals surface area (Å²) in [5, 5.41) is 5.96. The predicted molar refractivity (Wildman–Crippen MR) is 127 cm³/mol. The monoisotopic (exact) mass is 451 g/mol. The second-order valence-electron chi connectivity index (χ2n) is 8.50. The largest absolute Gasteiger partial charge is 0.497 e. The number of nitrogens with one attached hydrogen (secondary N) is 2. The van der Waals surface area contributed by atoms with Crippen LogP contribution in [-0.2, 0) is 4.79 Å². The Kier molecular flexibility index (Phi) is 8.46. The zero-order chi connectivity index (χ0) is 23.8. The molecule has 1 aliphatic rings. The fourth-order valence-corrected chi connectivity index (χ4v) is 4.02. The Hall–Kier alpha value is -3.35. The number of hydrogen-bond donors (Lipinski definition) is 2. The number of ether oxygens (including phenoxy) is 1. The molecule has 0 bridgehead atoms. The molecule has 2 N–H and O–H groups in total. The van der Waals surface area contributed by atoms with Crippen molar-refractivity contribution in [1.29, 1.82) is 0 Å². The molecule has 3 rings (SSSR count). The number of benzene rings is 2. The number of carbonyl (C=O) groups excluding carboxylic acids is 3. The lowest BCUT2D eigenvalue weighted by molar-refractivity contribution is -0.125. The Morgan fingerprint density at radius 2 is 1.67 bits per heavy atom. The first-order valence-electron chi connectivity index (χ1n) is 11.5. The molecule has 1 fully saturated rings. The van der Waals surface area contributed by atoms with Gasteiger partial charge in [0, 0.05) is 30.3 Å². The molecule has 2 atom stereocenters. The van der Waals surface area contributed by atoms with Gasteiger partial charge in [-0.1, -0.05) is 31.2 Å². The van der Waals surface area contributed by atoms with Gasteiger partial charge in [-0.3, -0.25) is 14.4 Å². The first-order chi connectivity index (χ1) is 15.9. The van der Waals surface area contributed by atoms with Crippen LogP contribution in [0.2, 0.25) is 0 Å². The van der Waals surface area contributed by atoms with Crippen molar-refractivity contribution in [3.8, 4) is 5.75 Å². The number of nitrogens with zero attached hydrogens (tertiary/aromatic N) is 1. The summed E-state index contributed by atoms with van der Waals surface area (Å²) in [4.78, 5) is 40.6. The van der Waals surface area contributed by atoms with E-state index in [4.69, 9.17) is 4.74 Å². The van der Waals surface area contributed by atoms with Gasteiger partial charge in [0.2, 0.25) is 5.91 Å². The van der Waals surface area contributed by atoms with Gasteiger partial charge in [0.05, 0.1) is 7.11 Å². The fraction of sp³-hybridized carbons (Fsp3) is 0.423. The number of carbonyl (C=O) groups is 3. The van der Waals surface area contributed by atoms with Crippen molar-refractivity contribution < 1.29 is 19.1 Å². The van der Waals surface area contributed by atoms with Gasteiger partial charge in [-0.05, 0) is 62.4 Å². The molecule has 176 valence electrons. The molecule has 1 saturated heterocycles. The Bertz CT molecular complexity index is 955. The van der Waals surface area contributed by atoms with Crippen molar-refractivity contribution in [2.75, 3.05) is 20.2 Å². The van der Waals surface area contributed by atoms with Crippen LogP contribution in [0.5, 0.6) is 5.75 Å². The van der Waals surface area contributed by atoms with E-state index in [9.17, 15) is 14.4 Å². The number of methoxy groups -OCH3 is 1. The fourth-order valence-electron chi connectivity index (χ4n) is 4.02. The molecule has 7 nitrogen and oxygen atoms in total. The molecule has 0 spiro atoms. The molecule has 0 saturated carbocycles. The Labute approximate surface area is 195 Å². The van der Waals surface area contributed by atoms with E-state index < -0.39 is 6.04 Å². The molecule has 1 aliphatic heterocycles. The van der Waals surface area contributed by atoms with E-state index in [0.717, 1.165) is 6.42 Å². The lowest BCUT2D eigenvalue weighted by Gasteiger charge is -2.36.